The van der Waals surface area contributed by atoms with Crippen molar-refractivity contribution in [2.45, 2.75) is 13.0 Å². The second-order valence-corrected chi connectivity index (χ2v) is 8.34. The van der Waals surface area contributed by atoms with Gasteiger partial charge in [-0.1, -0.05) is 29.3 Å². The molecule has 0 radical (unpaired) electrons. The fourth-order valence-corrected chi connectivity index (χ4v) is 4.35. The van der Waals surface area contributed by atoms with E-state index in [4.69, 9.17) is 27.9 Å². The van der Waals surface area contributed by atoms with E-state index in [0.717, 1.165) is 21.9 Å². The molecule has 2 heterocycles. The Bertz CT molecular complexity index is 1180. The molecule has 2 aromatic carbocycles. The molecule has 6 nitrogen and oxygen atoms in total. The van der Waals surface area contributed by atoms with E-state index in [2.05, 4.69) is 15.4 Å². The maximum absolute atomic E-state index is 12.6. The molecule has 0 saturated heterocycles. The van der Waals surface area contributed by atoms with Gasteiger partial charge < -0.3 is 10.1 Å². The predicted molar refractivity (Wildman–Crippen MR) is 124 cm³/mol. The number of methoxy groups -OCH3 is 1. The predicted octanol–water partition coefficient (Wildman–Crippen LogP) is 5.55. The normalized spacial score (nSPS) is 10.8. The summed E-state index contributed by atoms with van der Waals surface area (Å²) in [5, 5.41) is 11.0. The molecule has 9 heteroatoms. The molecule has 0 unspecified atom stereocenters. The Morgan fingerprint density at radius 1 is 1.13 bits per heavy atom. The lowest BCUT2D eigenvalue weighted by atomic mass is 10.2. The Morgan fingerprint density at radius 3 is 2.58 bits per heavy atom. The zero-order chi connectivity index (χ0) is 21.8. The zero-order valence-corrected chi connectivity index (χ0v) is 18.8. The highest BCUT2D eigenvalue weighted by Gasteiger charge is 2.14. The van der Waals surface area contributed by atoms with Gasteiger partial charge in [0.2, 0.25) is 5.91 Å². The highest BCUT2D eigenvalue weighted by atomic mass is 35.5. The first-order valence-corrected chi connectivity index (χ1v) is 11.0. The van der Waals surface area contributed by atoms with Gasteiger partial charge in [0.25, 0.3) is 0 Å². The number of nitrogens with one attached hydrogen (secondary N) is 1. The molecule has 0 aliphatic rings. The molecule has 158 valence electrons. The van der Waals surface area contributed by atoms with Gasteiger partial charge in [0.05, 0.1) is 32.0 Å². The SMILES string of the molecule is COc1ccc(-c2nc(CC(=O)Nc3ccnn3Cc3c(Cl)cccc3Cl)cs2)cc1. The first-order valence-electron chi connectivity index (χ1n) is 9.37. The van der Waals surface area contributed by atoms with E-state index in [9.17, 15) is 4.79 Å². The van der Waals surface area contributed by atoms with Crippen LogP contribution in [0.25, 0.3) is 10.6 Å². The van der Waals surface area contributed by atoms with Crippen LogP contribution in [0.1, 0.15) is 11.3 Å². The van der Waals surface area contributed by atoms with Gasteiger partial charge in [-0.3, -0.25) is 4.79 Å². The molecule has 0 spiro atoms. The van der Waals surface area contributed by atoms with Gasteiger partial charge in [-0.15, -0.1) is 11.3 Å². The number of aromatic nitrogens is 3. The molecule has 0 fully saturated rings. The lowest BCUT2D eigenvalue weighted by Crippen LogP contribution is -2.18. The van der Waals surface area contributed by atoms with Crippen LogP contribution < -0.4 is 10.1 Å². The number of benzene rings is 2. The van der Waals surface area contributed by atoms with Crippen molar-refractivity contribution in [3.05, 3.63) is 81.4 Å². The van der Waals surface area contributed by atoms with E-state index < -0.39 is 0 Å². The van der Waals surface area contributed by atoms with Gasteiger partial charge in [-0.25, -0.2) is 9.67 Å². The third kappa shape index (κ3) is 5.07. The second kappa shape index (κ2) is 9.51. The van der Waals surface area contributed by atoms with Crippen molar-refractivity contribution in [1.29, 1.82) is 0 Å². The average molecular weight is 473 g/mol. The van der Waals surface area contributed by atoms with Gasteiger partial charge in [0.15, 0.2) is 0 Å². The number of carbonyl (C=O) groups excluding carboxylic acids is 1. The van der Waals surface area contributed by atoms with E-state index >= 15 is 0 Å². The summed E-state index contributed by atoms with van der Waals surface area (Å²) in [6.45, 7) is 0.347. The molecule has 4 aromatic rings. The number of amides is 1. The van der Waals surface area contributed by atoms with Crippen LogP contribution in [-0.2, 0) is 17.8 Å². The molecule has 1 amide bonds. The standard InChI is InChI=1S/C22H18Cl2N4O2S/c1-30-16-7-5-14(6-8-16)22-26-15(13-31-22)11-21(29)27-20-9-10-25-28(20)12-17-18(23)3-2-4-19(17)24/h2-10,13H,11-12H2,1H3,(H,27,29). The Balaban J connectivity index is 1.42. The third-order valence-corrected chi connectivity index (χ3v) is 6.23. The van der Waals surface area contributed by atoms with Crippen molar-refractivity contribution >= 4 is 46.3 Å². The van der Waals surface area contributed by atoms with Crippen molar-refractivity contribution in [3.63, 3.8) is 0 Å². The van der Waals surface area contributed by atoms with Crippen LogP contribution in [0.4, 0.5) is 5.82 Å². The number of nitrogens with zero attached hydrogens (tertiary/aromatic N) is 3. The Labute approximate surface area is 193 Å². The van der Waals surface area contributed by atoms with Crippen molar-refractivity contribution in [2.24, 2.45) is 0 Å². The van der Waals surface area contributed by atoms with Crippen LogP contribution >= 0.6 is 34.5 Å². The molecular formula is C22H18Cl2N4O2S. The summed E-state index contributed by atoms with van der Waals surface area (Å²) < 4.78 is 6.83. The van der Waals surface area contributed by atoms with Crippen LogP contribution in [0.2, 0.25) is 10.0 Å². The molecule has 4 rings (SSSR count). The molecule has 0 aliphatic heterocycles. The van der Waals surface area contributed by atoms with Crippen molar-refractivity contribution < 1.29 is 9.53 Å². The van der Waals surface area contributed by atoms with Crippen LogP contribution in [0.5, 0.6) is 5.75 Å². The minimum absolute atomic E-state index is 0.157. The second-order valence-electron chi connectivity index (χ2n) is 6.67. The quantitative estimate of drug-likeness (QED) is 0.382. The van der Waals surface area contributed by atoms with Crippen LogP contribution in [-0.4, -0.2) is 27.8 Å². The zero-order valence-electron chi connectivity index (χ0n) is 16.5. The average Bonchev–Trinajstić information content (AvgIpc) is 3.40. The number of anilines is 1. The summed E-state index contributed by atoms with van der Waals surface area (Å²) in [4.78, 5) is 17.2. The maximum atomic E-state index is 12.6. The summed E-state index contributed by atoms with van der Waals surface area (Å²) in [5.41, 5.74) is 2.43. The Hall–Kier alpha value is -2.87. The lowest BCUT2D eigenvalue weighted by molar-refractivity contribution is -0.115. The lowest BCUT2D eigenvalue weighted by Gasteiger charge is -2.11. The minimum atomic E-state index is -0.182. The van der Waals surface area contributed by atoms with E-state index in [1.165, 1.54) is 11.3 Å². The largest absolute Gasteiger partial charge is 0.497 e. The molecule has 0 atom stereocenters. The van der Waals surface area contributed by atoms with Gasteiger partial charge >= 0.3 is 0 Å². The molecule has 1 N–H and O–H groups in total. The first kappa shape index (κ1) is 21.4. The first-order chi connectivity index (χ1) is 15.0. The van der Waals surface area contributed by atoms with Gasteiger partial charge in [-0.05, 0) is 36.4 Å². The molecule has 31 heavy (non-hydrogen) atoms. The number of thiazole rings is 1. The highest BCUT2D eigenvalue weighted by molar-refractivity contribution is 7.13. The van der Waals surface area contributed by atoms with Gasteiger partial charge in [0.1, 0.15) is 16.6 Å². The van der Waals surface area contributed by atoms with E-state index in [1.54, 1.807) is 42.3 Å². The molecule has 0 saturated carbocycles. The van der Waals surface area contributed by atoms with Crippen molar-refractivity contribution in [3.8, 4) is 16.3 Å². The Morgan fingerprint density at radius 2 is 1.87 bits per heavy atom. The molecule has 2 aromatic heterocycles. The van der Waals surface area contributed by atoms with Crippen LogP contribution in [0.15, 0.2) is 60.1 Å². The fraction of sp³-hybridized carbons (Fsp3) is 0.136. The summed E-state index contributed by atoms with van der Waals surface area (Å²) in [6, 6.07) is 14.7. The number of carbonyl (C=O) groups is 1. The minimum Gasteiger partial charge on any atom is -0.497 e. The summed E-state index contributed by atoms with van der Waals surface area (Å²) in [7, 11) is 1.63. The number of ether oxygens (including phenoxy) is 1. The topological polar surface area (TPSA) is 69.0 Å². The van der Waals surface area contributed by atoms with E-state index in [1.807, 2.05) is 29.6 Å². The summed E-state index contributed by atoms with van der Waals surface area (Å²) >= 11 is 14.0. The van der Waals surface area contributed by atoms with Crippen LogP contribution in [0.3, 0.4) is 0 Å². The number of hydrogen-bond donors (Lipinski definition) is 1. The van der Waals surface area contributed by atoms with Gasteiger partial charge in [0, 0.05) is 32.6 Å². The smallest absolute Gasteiger partial charge is 0.231 e. The van der Waals surface area contributed by atoms with Crippen molar-refractivity contribution in [1.82, 2.24) is 14.8 Å². The van der Waals surface area contributed by atoms with Gasteiger partial charge in [-0.2, -0.15) is 5.10 Å². The number of hydrogen-bond acceptors (Lipinski definition) is 5. The Kier molecular flexibility index (Phi) is 6.56. The molecular weight excluding hydrogens is 455 g/mol. The molecule has 0 bridgehead atoms. The van der Waals surface area contributed by atoms with E-state index in [0.29, 0.717) is 28.1 Å². The van der Waals surface area contributed by atoms with Crippen LogP contribution in [0, 0.1) is 0 Å². The number of rotatable bonds is 7. The highest BCUT2D eigenvalue weighted by Crippen LogP contribution is 2.27. The number of halogens is 2. The molecule has 0 aliphatic carbocycles. The summed E-state index contributed by atoms with van der Waals surface area (Å²) in [6.07, 6.45) is 1.77. The van der Waals surface area contributed by atoms with E-state index in [-0.39, 0.29) is 12.3 Å². The summed E-state index contributed by atoms with van der Waals surface area (Å²) in [5.74, 6) is 1.17. The fourth-order valence-electron chi connectivity index (χ4n) is 3.00. The maximum Gasteiger partial charge on any atom is 0.231 e. The monoisotopic (exact) mass is 472 g/mol. The van der Waals surface area contributed by atoms with Crippen molar-refractivity contribution in [2.75, 3.05) is 12.4 Å². The third-order valence-electron chi connectivity index (χ3n) is 4.58.